The summed E-state index contributed by atoms with van der Waals surface area (Å²) >= 11 is 0. The van der Waals surface area contributed by atoms with Crippen molar-refractivity contribution in [3.63, 3.8) is 0 Å². The van der Waals surface area contributed by atoms with E-state index >= 15 is 0 Å². The molecule has 0 N–H and O–H groups in total. The molecule has 2 aliphatic heterocycles. The summed E-state index contributed by atoms with van der Waals surface area (Å²) in [7, 11) is 2.19. The first-order chi connectivity index (χ1) is 12.6. The van der Waals surface area contributed by atoms with Gasteiger partial charge in [0, 0.05) is 48.3 Å². The lowest BCUT2D eigenvalue weighted by molar-refractivity contribution is 0.0170. The fourth-order valence-electron chi connectivity index (χ4n) is 4.65. The summed E-state index contributed by atoms with van der Waals surface area (Å²) in [6.07, 6.45) is 2.08. The maximum Gasteiger partial charge on any atom is 0.110 e. The summed E-state index contributed by atoms with van der Waals surface area (Å²) in [5.74, 6) is 0.355. The van der Waals surface area contributed by atoms with Crippen molar-refractivity contribution in [3.8, 4) is 0 Å². The van der Waals surface area contributed by atoms with Crippen molar-refractivity contribution >= 4 is 10.9 Å². The maximum absolute atomic E-state index is 6.46. The fraction of sp³-hybridized carbons (Fsp3) is 0.409. The summed E-state index contributed by atoms with van der Waals surface area (Å²) < 4.78 is 9.00. The van der Waals surface area contributed by atoms with E-state index in [0.717, 1.165) is 31.9 Å². The van der Waals surface area contributed by atoms with Gasteiger partial charge in [0.15, 0.2) is 0 Å². The monoisotopic (exact) mass is 347 g/mol. The van der Waals surface area contributed by atoms with E-state index in [1.807, 2.05) is 6.20 Å². The number of rotatable bonds is 1. The normalized spacial score (nSPS) is 23.0. The molecule has 0 fully saturated rings. The smallest absolute Gasteiger partial charge is 0.110 e. The van der Waals surface area contributed by atoms with E-state index in [1.54, 1.807) is 0 Å². The molecule has 0 saturated carbocycles. The third-order valence-electron chi connectivity index (χ3n) is 5.87. The van der Waals surface area contributed by atoms with Crippen LogP contribution >= 0.6 is 0 Å². The standard InChI is InChI=1S/C22H25N3O/c1-14-4-5-20-18(8-14)19-11-24(3)12-21-22(19)25(20)10-17(13-26-21)16-6-7-23-15(2)9-16/h4-9,17,21H,10-13H2,1-3H3. The molecule has 0 saturated heterocycles. The van der Waals surface area contributed by atoms with E-state index in [-0.39, 0.29) is 6.10 Å². The summed E-state index contributed by atoms with van der Waals surface area (Å²) in [6, 6.07) is 11.2. The molecule has 0 amide bonds. The highest BCUT2D eigenvalue weighted by Gasteiger charge is 2.34. The number of pyridine rings is 1. The molecule has 0 radical (unpaired) electrons. The van der Waals surface area contributed by atoms with E-state index in [9.17, 15) is 0 Å². The number of likely N-dealkylation sites (N-methyl/N-ethyl adjacent to an activating group) is 1. The third kappa shape index (κ3) is 2.48. The number of hydrogen-bond acceptors (Lipinski definition) is 3. The topological polar surface area (TPSA) is 30.3 Å². The summed E-state index contributed by atoms with van der Waals surface area (Å²) in [5.41, 5.74) is 7.92. The van der Waals surface area contributed by atoms with Crippen LogP contribution < -0.4 is 0 Å². The van der Waals surface area contributed by atoms with Crippen molar-refractivity contribution < 1.29 is 4.74 Å². The summed E-state index contributed by atoms with van der Waals surface area (Å²) in [6.45, 7) is 7.93. The van der Waals surface area contributed by atoms with E-state index in [1.165, 1.54) is 33.3 Å². The van der Waals surface area contributed by atoms with E-state index in [0.29, 0.717) is 5.92 Å². The predicted octanol–water partition coefficient (Wildman–Crippen LogP) is 3.95. The molecular weight excluding hydrogens is 322 g/mol. The van der Waals surface area contributed by atoms with Gasteiger partial charge in [0.25, 0.3) is 0 Å². The molecule has 4 heteroatoms. The van der Waals surface area contributed by atoms with Gasteiger partial charge in [0.05, 0.1) is 12.3 Å². The first-order valence-electron chi connectivity index (χ1n) is 9.44. The largest absolute Gasteiger partial charge is 0.370 e. The number of hydrogen-bond donors (Lipinski definition) is 0. The Morgan fingerprint density at radius 2 is 2.00 bits per heavy atom. The van der Waals surface area contributed by atoms with Gasteiger partial charge in [-0.25, -0.2) is 0 Å². The highest BCUT2D eigenvalue weighted by molar-refractivity contribution is 5.86. The molecule has 1 aromatic carbocycles. The van der Waals surface area contributed by atoms with Crippen molar-refractivity contribution in [3.05, 3.63) is 64.6 Å². The van der Waals surface area contributed by atoms with Crippen LogP contribution in [0, 0.1) is 13.8 Å². The highest BCUT2D eigenvalue weighted by atomic mass is 16.5. The van der Waals surface area contributed by atoms with Gasteiger partial charge in [0.2, 0.25) is 0 Å². The first-order valence-corrected chi connectivity index (χ1v) is 9.44. The molecular formula is C22H25N3O. The average molecular weight is 347 g/mol. The highest BCUT2D eigenvalue weighted by Crippen LogP contribution is 2.40. The Labute approximate surface area is 154 Å². The van der Waals surface area contributed by atoms with Crippen molar-refractivity contribution in [2.24, 2.45) is 0 Å². The Hall–Kier alpha value is -2.17. The molecule has 0 spiro atoms. The van der Waals surface area contributed by atoms with Crippen molar-refractivity contribution in [2.75, 3.05) is 20.2 Å². The second-order valence-corrected chi connectivity index (χ2v) is 7.94. The Kier molecular flexibility index (Phi) is 3.66. The number of benzene rings is 1. The van der Waals surface area contributed by atoms with Crippen LogP contribution in [0.3, 0.4) is 0 Å². The van der Waals surface area contributed by atoms with Gasteiger partial charge in [-0.2, -0.15) is 0 Å². The molecule has 3 aromatic rings. The average Bonchev–Trinajstić information content (AvgIpc) is 2.78. The second-order valence-electron chi connectivity index (χ2n) is 7.94. The van der Waals surface area contributed by atoms with Gasteiger partial charge in [-0.05, 0) is 56.3 Å². The zero-order valence-corrected chi connectivity index (χ0v) is 15.7. The lowest BCUT2D eigenvalue weighted by Gasteiger charge is -2.30. The summed E-state index contributed by atoms with van der Waals surface area (Å²) in [5, 5.41) is 1.40. The minimum absolute atomic E-state index is 0.157. The lowest BCUT2D eigenvalue weighted by atomic mass is 10.00. The van der Waals surface area contributed by atoms with E-state index in [2.05, 4.69) is 65.7 Å². The Morgan fingerprint density at radius 3 is 2.85 bits per heavy atom. The molecule has 134 valence electrons. The van der Waals surface area contributed by atoms with Gasteiger partial charge >= 0.3 is 0 Å². The predicted molar refractivity (Wildman–Crippen MR) is 103 cm³/mol. The number of aryl methyl sites for hydroxylation is 2. The number of aromatic nitrogens is 2. The van der Waals surface area contributed by atoms with Gasteiger partial charge < -0.3 is 9.30 Å². The van der Waals surface area contributed by atoms with E-state index in [4.69, 9.17) is 4.74 Å². The molecule has 0 bridgehead atoms. The Bertz CT molecular complexity index is 990. The minimum atomic E-state index is 0.157. The first kappa shape index (κ1) is 16.0. The van der Waals surface area contributed by atoms with Gasteiger partial charge in [-0.15, -0.1) is 0 Å². The number of fused-ring (bicyclic) bond motifs is 3. The fourth-order valence-corrected chi connectivity index (χ4v) is 4.65. The van der Waals surface area contributed by atoms with Crippen molar-refractivity contribution in [2.45, 2.75) is 39.0 Å². The third-order valence-corrected chi connectivity index (χ3v) is 5.87. The van der Waals surface area contributed by atoms with Gasteiger partial charge in [-0.3, -0.25) is 9.88 Å². The summed E-state index contributed by atoms with van der Waals surface area (Å²) in [4.78, 5) is 6.75. The number of nitrogens with zero attached hydrogens (tertiary/aromatic N) is 3. The zero-order valence-electron chi connectivity index (χ0n) is 15.7. The molecule has 2 aliphatic rings. The van der Waals surface area contributed by atoms with Crippen molar-refractivity contribution in [1.82, 2.24) is 14.5 Å². The van der Waals surface area contributed by atoms with Crippen LogP contribution in [0.5, 0.6) is 0 Å². The van der Waals surface area contributed by atoms with Gasteiger partial charge in [0.1, 0.15) is 6.10 Å². The van der Waals surface area contributed by atoms with Crippen LogP contribution in [0.2, 0.25) is 0 Å². The molecule has 4 heterocycles. The Balaban J connectivity index is 1.68. The molecule has 2 aromatic heterocycles. The van der Waals surface area contributed by atoms with E-state index < -0.39 is 0 Å². The van der Waals surface area contributed by atoms with Gasteiger partial charge in [-0.1, -0.05) is 11.6 Å². The molecule has 0 aliphatic carbocycles. The molecule has 26 heavy (non-hydrogen) atoms. The van der Waals surface area contributed by atoms with Crippen LogP contribution in [0.4, 0.5) is 0 Å². The SMILES string of the molecule is Cc1ccc2c(c1)c1c3n2CC(c2ccnc(C)c2)COC3CN(C)C1. The number of ether oxygens (including phenoxy) is 1. The second kappa shape index (κ2) is 5.93. The van der Waals surface area contributed by atoms with Crippen LogP contribution in [0.15, 0.2) is 36.5 Å². The quantitative estimate of drug-likeness (QED) is 0.668. The molecule has 2 unspecified atom stereocenters. The van der Waals surface area contributed by atoms with Crippen molar-refractivity contribution in [1.29, 1.82) is 0 Å². The Morgan fingerprint density at radius 1 is 1.12 bits per heavy atom. The minimum Gasteiger partial charge on any atom is -0.370 e. The van der Waals surface area contributed by atoms with Crippen LogP contribution in [-0.2, 0) is 17.8 Å². The van der Waals surface area contributed by atoms with Crippen LogP contribution in [-0.4, -0.2) is 34.7 Å². The molecule has 2 atom stereocenters. The lowest BCUT2D eigenvalue weighted by Crippen LogP contribution is -2.32. The van der Waals surface area contributed by atoms with Crippen LogP contribution in [0.25, 0.3) is 10.9 Å². The molecule has 4 nitrogen and oxygen atoms in total. The zero-order chi connectivity index (χ0) is 17.8. The maximum atomic E-state index is 6.46. The van der Waals surface area contributed by atoms with Crippen LogP contribution in [0.1, 0.15) is 40.1 Å². The molecule has 5 rings (SSSR count).